The molecule has 3 aliphatic heterocycles. The van der Waals surface area contributed by atoms with Crippen molar-refractivity contribution in [1.82, 2.24) is 15.1 Å². The summed E-state index contributed by atoms with van der Waals surface area (Å²) in [6.45, 7) is 7.17. The zero-order chi connectivity index (χ0) is 26.6. The monoisotopic (exact) mass is 524 g/mol. The van der Waals surface area contributed by atoms with E-state index in [-0.39, 0.29) is 12.0 Å². The number of methoxy groups -OCH3 is 2. The highest BCUT2D eigenvalue weighted by atomic mass is 16.6. The molecule has 1 amide bonds. The van der Waals surface area contributed by atoms with Crippen molar-refractivity contribution in [3.63, 3.8) is 0 Å². The lowest BCUT2D eigenvalue weighted by Gasteiger charge is -2.35. The summed E-state index contributed by atoms with van der Waals surface area (Å²) in [7, 11) is 3.13. The van der Waals surface area contributed by atoms with Crippen molar-refractivity contribution in [1.29, 1.82) is 0 Å². The van der Waals surface area contributed by atoms with E-state index in [0.29, 0.717) is 36.0 Å². The molecule has 0 aliphatic carbocycles. The van der Waals surface area contributed by atoms with E-state index in [1.54, 1.807) is 32.6 Å². The first-order valence-electron chi connectivity index (χ1n) is 13.5. The molecular weight excluding hydrogens is 484 g/mol. The van der Waals surface area contributed by atoms with E-state index < -0.39 is 0 Å². The lowest BCUT2D eigenvalue weighted by molar-refractivity contribution is 0.0309. The summed E-state index contributed by atoms with van der Waals surface area (Å²) >= 11 is 0. The SMILES string of the molecule is COc1cc2cc(c1OC)OCCCC(O/N=C/c1ccccc1)CCN1CCN(CCCNC2=O)CC1. The van der Waals surface area contributed by atoms with E-state index in [9.17, 15) is 4.79 Å². The Morgan fingerprint density at radius 2 is 1.71 bits per heavy atom. The molecule has 2 aromatic carbocycles. The number of ether oxygens (including phenoxy) is 3. The van der Waals surface area contributed by atoms with Crippen molar-refractivity contribution in [3.05, 3.63) is 53.6 Å². The average Bonchev–Trinajstić information content (AvgIpc) is 2.96. The molecule has 1 N–H and O–H groups in total. The van der Waals surface area contributed by atoms with Gasteiger partial charge in [0.2, 0.25) is 5.75 Å². The molecule has 0 aromatic heterocycles. The minimum atomic E-state index is -0.150. The van der Waals surface area contributed by atoms with Gasteiger partial charge in [0.25, 0.3) is 5.91 Å². The number of nitrogens with one attached hydrogen (secondary N) is 1. The van der Waals surface area contributed by atoms with Crippen LogP contribution < -0.4 is 19.5 Å². The van der Waals surface area contributed by atoms with E-state index in [2.05, 4.69) is 20.3 Å². The predicted octanol–water partition coefficient (Wildman–Crippen LogP) is 3.42. The van der Waals surface area contributed by atoms with Gasteiger partial charge >= 0.3 is 0 Å². The number of hydrogen-bond donors (Lipinski definition) is 1. The molecule has 1 atom stereocenters. The maximum atomic E-state index is 12.9. The number of oxime groups is 1. The van der Waals surface area contributed by atoms with Crippen LogP contribution in [-0.2, 0) is 4.84 Å². The van der Waals surface area contributed by atoms with E-state index in [1.165, 1.54) is 0 Å². The maximum absolute atomic E-state index is 12.9. The zero-order valence-electron chi connectivity index (χ0n) is 22.6. The minimum absolute atomic E-state index is 0.0211. The second kappa shape index (κ2) is 14.6. The Kier molecular flexibility index (Phi) is 10.6. The van der Waals surface area contributed by atoms with Crippen LogP contribution in [0.4, 0.5) is 0 Å². The van der Waals surface area contributed by atoms with Crippen molar-refractivity contribution >= 4 is 12.1 Å². The number of piperazine rings is 1. The fraction of sp³-hybridized carbons (Fsp3) is 0.517. The van der Waals surface area contributed by atoms with E-state index in [0.717, 1.165) is 70.5 Å². The predicted molar refractivity (Wildman–Crippen MR) is 148 cm³/mol. The summed E-state index contributed by atoms with van der Waals surface area (Å²) in [6.07, 6.45) is 5.10. The fourth-order valence-electron chi connectivity index (χ4n) is 4.80. The van der Waals surface area contributed by atoms with Gasteiger partial charge in [0.1, 0.15) is 6.10 Å². The molecular formula is C29H40N4O5. The van der Waals surface area contributed by atoms with Crippen LogP contribution in [0.1, 0.15) is 41.6 Å². The smallest absolute Gasteiger partial charge is 0.251 e. The molecule has 4 bridgehead atoms. The number of benzene rings is 2. The molecule has 0 radical (unpaired) electrons. The van der Waals surface area contributed by atoms with Crippen LogP contribution in [0, 0.1) is 0 Å². The molecule has 9 nitrogen and oxygen atoms in total. The van der Waals surface area contributed by atoms with Gasteiger partial charge in [0.05, 0.1) is 27.0 Å². The van der Waals surface area contributed by atoms with E-state index >= 15 is 0 Å². The minimum Gasteiger partial charge on any atom is -0.493 e. The third-order valence-electron chi connectivity index (χ3n) is 7.02. The molecule has 2 aromatic rings. The molecule has 1 unspecified atom stereocenters. The first-order chi connectivity index (χ1) is 18.7. The molecule has 9 heteroatoms. The summed E-state index contributed by atoms with van der Waals surface area (Å²) in [5.74, 6) is 1.29. The third-order valence-corrected chi connectivity index (χ3v) is 7.02. The van der Waals surface area contributed by atoms with Gasteiger partial charge in [-0.15, -0.1) is 0 Å². The van der Waals surface area contributed by atoms with Gasteiger partial charge in [0, 0.05) is 44.8 Å². The van der Waals surface area contributed by atoms with Gasteiger partial charge < -0.3 is 34.2 Å². The van der Waals surface area contributed by atoms with Crippen LogP contribution in [0.5, 0.6) is 17.2 Å². The van der Waals surface area contributed by atoms with E-state index in [1.807, 2.05) is 30.3 Å². The molecule has 5 rings (SSSR count). The van der Waals surface area contributed by atoms with Gasteiger partial charge in [-0.05, 0) is 49.9 Å². The highest BCUT2D eigenvalue weighted by Gasteiger charge is 2.21. The van der Waals surface area contributed by atoms with Crippen molar-refractivity contribution in [2.75, 3.05) is 66.6 Å². The van der Waals surface area contributed by atoms with Gasteiger partial charge in [-0.2, -0.15) is 0 Å². The fourth-order valence-corrected chi connectivity index (χ4v) is 4.80. The Morgan fingerprint density at radius 1 is 0.947 bits per heavy atom. The highest BCUT2D eigenvalue weighted by Crippen LogP contribution is 2.38. The van der Waals surface area contributed by atoms with Crippen molar-refractivity contribution in [2.24, 2.45) is 5.16 Å². The number of amides is 1. The second-order valence-corrected chi connectivity index (χ2v) is 9.65. The molecule has 1 saturated heterocycles. The summed E-state index contributed by atoms with van der Waals surface area (Å²) in [6, 6.07) is 13.4. The number of carbonyl (C=O) groups is 1. The largest absolute Gasteiger partial charge is 0.493 e. The normalized spacial score (nSPS) is 23.4. The Morgan fingerprint density at radius 3 is 2.45 bits per heavy atom. The Balaban J connectivity index is 1.46. The summed E-state index contributed by atoms with van der Waals surface area (Å²) < 4.78 is 17.1. The van der Waals surface area contributed by atoms with Crippen molar-refractivity contribution < 1.29 is 23.8 Å². The summed E-state index contributed by atoms with van der Waals surface area (Å²) in [4.78, 5) is 23.8. The van der Waals surface area contributed by atoms with Crippen molar-refractivity contribution in [2.45, 2.75) is 31.8 Å². The van der Waals surface area contributed by atoms with Crippen LogP contribution >= 0.6 is 0 Å². The standard InChI is InChI=1S/C29H40N4O5/c1-35-26-20-24-21-27(28(26)36-2)37-19-6-10-25(38-31-22-23-8-4-3-5-9-23)11-14-33-17-15-32(16-18-33)13-7-12-30-29(24)34/h3-5,8-9,20-22,25H,6-7,10-19H2,1-2H3,(H,30,34)/b31-22+. The first kappa shape index (κ1) is 27.7. The van der Waals surface area contributed by atoms with E-state index in [4.69, 9.17) is 19.0 Å². The molecule has 0 saturated carbocycles. The third kappa shape index (κ3) is 8.10. The second-order valence-electron chi connectivity index (χ2n) is 9.65. The highest BCUT2D eigenvalue weighted by molar-refractivity contribution is 5.95. The van der Waals surface area contributed by atoms with Crippen LogP contribution in [0.3, 0.4) is 0 Å². The van der Waals surface area contributed by atoms with Gasteiger partial charge in [-0.3, -0.25) is 4.79 Å². The molecule has 38 heavy (non-hydrogen) atoms. The Bertz CT molecular complexity index is 1040. The molecule has 206 valence electrons. The average molecular weight is 525 g/mol. The van der Waals surface area contributed by atoms with Crippen molar-refractivity contribution in [3.8, 4) is 17.2 Å². The Hall–Kier alpha value is -3.30. The summed E-state index contributed by atoms with van der Waals surface area (Å²) in [5, 5.41) is 7.32. The maximum Gasteiger partial charge on any atom is 0.251 e. The lowest BCUT2D eigenvalue weighted by Crippen LogP contribution is -2.47. The van der Waals surface area contributed by atoms with Gasteiger partial charge in [0.15, 0.2) is 11.5 Å². The zero-order valence-corrected chi connectivity index (χ0v) is 22.6. The van der Waals surface area contributed by atoms with Gasteiger partial charge in [-0.1, -0.05) is 35.5 Å². The topological polar surface area (TPSA) is 84.9 Å². The number of hydrogen-bond acceptors (Lipinski definition) is 8. The molecule has 3 aliphatic rings. The summed E-state index contributed by atoms with van der Waals surface area (Å²) in [5.41, 5.74) is 1.49. The van der Waals surface area contributed by atoms with Crippen LogP contribution in [0.2, 0.25) is 0 Å². The molecule has 3 heterocycles. The number of fused-ring (bicyclic) bond motifs is 12. The number of carbonyl (C=O) groups excluding carboxylic acids is 1. The number of rotatable bonds is 5. The number of nitrogens with zero attached hydrogens (tertiary/aromatic N) is 3. The molecule has 0 spiro atoms. The van der Waals surface area contributed by atoms with Crippen LogP contribution in [0.15, 0.2) is 47.6 Å². The Labute approximate surface area is 225 Å². The lowest BCUT2D eigenvalue weighted by atomic mass is 10.1. The van der Waals surface area contributed by atoms with Crippen LogP contribution in [-0.4, -0.2) is 94.7 Å². The molecule has 1 fully saturated rings. The first-order valence-corrected chi connectivity index (χ1v) is 13.5. The van der Waals surface area contributed by atoms with Crippen LogP contribution in [0.25, 0.3) is 0 Å². The van der Waals surface area contributed by atoms with Gasteiger partial charge in [-0.25, -0.2) is 0 Å². The quantitative estimate of drug-likeness (QED) is 0.474.